The van der Waals surface area contributed by atoms with Crippen molar-refractivity contribution in [3.63, 3.8) is 0 Å². The Morgan fingerprint density at radius 3 is 0.694 bits per heavy atom. The van der Waals surface area contributed by atoms with Crippen LogP contribution in [0.25, 0.3) is 0 Å². The van der Waals surface area contributed by atoms with E-state index in [1.807, 2.05) is 0 Å². The smallest absolute Gasteiger partial charge is 0.306 e. The van der Waals surface area contributed by atoms with Gasteiger partial charge in [0.05, 0.1) is 0 Å². The molecule has 0 radical (unpaired) electrons. The molecule has 0 aliphatic carbocycles. The Hall–Kier alpha value is -1.59. The van der Waals surface area contributed by atoms with Crippen molar-refractivity contribution in [3.8, 4) is 0 Å². The minimum atomic E-state index is -0.763. The van der Waals surface area contributed by atoms with Gasteiger partial charge < -0.3 is 14.2 Å². The Kier molecular flexibility index (Phi) is 46.2. The highest BCUT2D eigenvalue weighted by Crippen LogP contribution is 2.18. The second kappa shape index (κ2) is 47.4. The Labute approximate surface area is 387 Å². The highest BCUT2D eigenvalue weighted by atomic mass is 16.6. The van der Waals surface area contributed by atoms with E-state index in [1.54, 1.807) is 0 Å². The first-order chi connectivity index (χ1) is 30.1. The van der Waals surface area contributed by atoms with E-state index in [-0.39, 0.29) is 31.1 Å². The highest BCUT2D eigenvalue weighted by Gasteiger charge is 2.19. The summed E-state index contributed by atoms with van der Waals surface area (Å²) in [6.07, 6.45) is 48.2. The van der Waals surface area contributed by atoms with E-state index in [2.05, 4.69) is 41.5 Å². The maximum absolute atomic E-state index is 12.8. The molecule has 0 aliphatic heterocycles. The number of hydrogen-bond acceptors (Lipinski definition) is 6. The van der Waals surface area contributed by atoms with Gasteiger partial charge in [0.1, 0.15) is 13.2 Å². The van der Waals surface area contributed by atoms with Crippen molar-refractivity contribution in [1.82, 2.24) is 0 Å². The van der Waals surface area contributed by atoms with Crippen LogP contribution in [0.2, 0.25) is 0 Å². The third-order valence-electron chi connectivity index (χ3n) is 12.6. The van der Waals surface area contributed by atoms with E-state index in [1.165, 1.54) is 186 Å². The van der Waals surface area contributed by atoms with Crippen molar-refractivity contribution in [2.45, 2.75) is 311 Å². The molecule has 0 aromatic carbocycles. The van der Waals surface area contributed by atoms with Crippen molar-refractivity contribution in [1.29, 1.82) is 0 Å². The fourth-order valence-electron chi connectivity index (χ4n) is 8.47. The van der Waals surface area contributed by atoms with E-state index in [0.717, 1.165) is 75.5 Å². The molecule has 0 rings (SSSR count). The summed E-state index contributed by atoms with van der Waals surface area (Å²) in [7, 11) is 0. The summed E-state index contributed by atoms with van der Waals surface area (Å²) in [6, 6.07) is 0. The molecule has 0 spiro atoms. The van der Waals surface area contributed by atoms with Gasteiger partial charge in [-0.1, -0.05) is 266 Å². The molecule has 0 amide bonds. The number of esters is 3. The molecule has 0 saturated carbocycles. The Balaban J connectivity index is 4.20. The molecule has 0 heterocycles. The van der Waals surface area contributed by atoms with Gasteiger partial charge in [0.15, 0.2) is 6.10 Å². The average molecular weight is 877 g/mol. The van der Waals surface area contributed by atoms with Gasteiger partial charge in [-0.3, -0.25) is 14.4 Å². The highest BCUT2D eigenvalue weighted by molar-refractivity contribution is 5.71. The second-order valence-corrected chi connectivity index (χ2v) is 20.6. The lowest BCUT2D eigenvalue weighted by molar-refractivity contribution is -0.167. The molecule has 0 unspecified atom stereocenters. The van der Waals surface area contributed by atoms with E-state index in [4.69, 9.17) is 14.2 Å². The predicted octanol–water partition coefficient (Wildman–Crippen LogP) is 17.9. The van der Waals surface area contributed by atoms with Crippen molar-refractivity contribution in [2.75, 3.05) is 13.2 Å². The molecule has 6 nitrogen and oxygen atoms in total. The number of hydrogen-bond donors (Lipinski definition) is 0. The summed E-state index contributed by atoms with van der Waals surface area (Å²) in [5, 5.41) is 0. The second-order valence-electron chi connectivity index (χ2n) is 20.6. The SMILES string of the molecule is CC(C)CCCCCCCCCCCCCCCCCCCCC(=O)OC[C@H](COC(=O)CCCCCCCCCCCC(C)C)OC(=O)CCCCCCCCCCC(C)C. The lowest BCUT2D eigenvalue weighted by Gasteiger charge is -2.18. The summed E-state index contributed by atoms with van der Waals surface area (Å²) in [5.41, 5.74) is 0. The summed E-state index contributed by atoms with van der Waals surface area (Å²) in [4.78, 5) is 38.0. The lowest BCUT2D eigenvalue weighted by atomic mass is 10.0. The van der Waals surface area contributed by atoms with Crippen molar-refractivity contribution >= 4 is 17.9 Å². The number of rotatable bonds is 49. The third kappa shape index (κ3) is 49.4. The van der Waals surface area contributed by atoms with Gasteiger partial charge in [0.25, 0.3) is 0 Å². The lowest BCUT2D eigenvalue weighted by Crippen LogP contribution is -2.30. The number of ether oxygens (including phenoxy) is 3. The van der Waals surface area contributed by atoms with E-state index >= 15 is 0 Å². The van der Waals surface area contributed by atoms with Crippen LogP contribution < -0.4 is 0 Å². The number of carbonyl (C=O) groups excluding carboxylic acids is 3. The zero-order chi connectivity index (χ0) is 45.6. The van der Waals surface area contributed by atoms with Crippen molar-refractivity contribution in [2.24, 2.45) is 17.8 Å². The average Bonchev–Trinajstić information content (AvgIpc) is 3.23. The summed E-state index contributed by atoms with van der Waals surface area (Å²) in [5.74, 6) is 1.61. The van der Waals surface area contributed by atoms with Crippen molar-refractivity contribution < 1.29 is 28.6 Å². The van der Waals surface area contributed by atoms with Crippen LogP contribution in [0.15, 0.2) is 0 Å². The van der Waals surface area contributed by atoms with E-state index in [0.29, 0.717) is 19.3 Å². The van der Waals surface area contributed by atoms with Crippen LogP contribution in [0.5, 0.6) is 0 Å². The van der Waals surface area contributed by atoms with E-state index < -0.39 is 6.10 Å². The van der Waals surface area contributed by atoms with Gasteiger partial charge in [0.2, 0.25) is 0 Å². The molecular weight excluding hydrogens is 769 g/mol. The van der Waals surface area contributed by atoms with Crippen LogP contribution in [0.4, 0.5) is 0 Å². The molecular formula is C56H108O6. The third-order valence-corrected chi connectivity index (χ3v) is 12.6. The van der Waals surface area contributed by atoms with Crippen LogP contribution >= 0.6 is 0 Å². The monoisotopic (exact) mass is 877 g/mol. The van der Waals surface area contributed by atoms with Gasteiger partial charge in [0, 0.05) is 19.3 Å². The zero-order valence-corrected chi connectivity index (χ0v) is 42.7. The van der Waals surface area contributed by atoms with Crippen LogP contribution in [0.3, 0.4) is 0 Å². The summed E-state index contributed by atoms with van der Waals surface area (Å²) < 4.78 is 16.8. The summed E-state index contributed by atoms with van der Waals surface area (Å²) >= 11 is 0. The molecule has 0 N–H and O–H groups in total. The first-order valence-corrected chi connectivity index (χ1v) is 27.6. The van der Waals surface area contributed by atoms with Crippen molar-refractivity contribution in [3.05, 3.63) is 0 Å². The Morgan fingerprint density at radius 1 is 0.274 bits per heavy atom. The van der Waals surface area contributed by atoms with Crippen LogP contribution in [0.1, 0.15) is 305 Å². The van der Waals surface area contributed by atoms with Crippen LogP contribution in [-0.4, -0.2) is 37.2 Å². The minimum Gasteiger partial charge on any atom is -0.462 e. The van der Waals surface area contributed by atoms with Gasteiger partial charge >= 0.3 is 17.9 Å². The summed E-state index contributed by atoms with van der Waals surface area (Å²) in [6.45, 7) is 13.7. The van der Waals surface area contributed by atoms with Gasteiger partial charge in [-0.05, 0) is 37.0 Å². The molecule has 0 aromatic rings. The van der Waals surface area contributed by atoms with Gasteiger partial charge in [-0.2, -0.15) is 0 Å². The number of carbonyl (C=O) groups is 3. The quantitative estimate of drug-likeness (QED) is 0.0344. The zero-order valence-electron chi connectivity index (χ0n) is 42.7. The standard InChI is InChI=1S/C56H108O6/c1-50(2)42-36-30-24-18-15-13-11-9-7-8-10-12-14-16-20-27-33-39-45-54(57)60-48-53(62-56(59)47-41-35-29-23-22-26-32-38-44-52(5)6)49-61-55(58)46-40-34-28-21-17-19-25-31-37-43-51(3)4/h50-53H,7-49H2,1-6H3/t53-/m1/s1. The molecule has 368 valence electrons. The van der Waals surface area contributed by atoms with Crippen LogP contribution in [0, 0.1) is 17.8 Å². The predicted molar refractivity (Wildman–Crippen MR) is 266 cm³/mol. The minimum absolute atomic E-state index is 0.0647. The van der Waals surface area contributed by atoms with E-state index in [9.17, 15) is 14.4 Å². The Morgan fingerprint density at radius 2 is 0.468 bits per heavy atom. The number of unbranched alkanes of at least 4 members (excludes halogenated alkanes) is 32. The maximum Gasteiger partial charge on any atom is 0.306 e. The molecule has 0 aliphatic rings. The Bertz CT molecular complexity index is 960. The fraction of sp³-hybridized carbons (Fsp3) is 0.946. The maximum atomic E-state index is 12.8. The molecule has 0 fully saturated rings. The van der Waals surface area contributed by atoms with Gasteiger partial charge in [-0.25, -0.2) is 0 Å². The first-order valence-electron chi connectivity index (χ1n) is 27.6. The van der Waals surface area contributed by atoms with Gasteiger partial charge in [-0.15, -0.1) is 0 Å². The molecule has 0 aromatic heterocycles. The van der Waals surface area contributed by atoms with Crippen LogP contribution in [-0.2, 0) is 28.6 Å². The molecule has 0 saturated heterocycles. The normalized spacial score (nSPS) is 12.1. The largest absolute Gasteiger partial charge is 0.462 e. The molecule has 6 heteroatoms. The topological polar surface area (TPSA) is 78.9 Å². The molecule has 0 bridgehead atoms. The first kappa shape index (κ1) is 60.4. The fourth-order valence-corrected chi connectivity index (χ4v) is 8.47. The molecule has 1 atom stereocenters. The molecule has 62 heavy (non-hydrogen) atoms.